The number of aliphatic hydroxyl groups excluding tert-OH is 1. The van der Waals surface area contributed by atoms with Gasteiger partial charge in [-0.25, -0.2) is 0 Å². The van der Waals surface area contributed by atoms with Gasteiger partial charge in [0.2, 0.25) is 0 Å². The van der Waals surface area contributed by atoms with Crippen molar-refractivity contribution < 1.29 is 19.3 Å². The number of methoxy groups -OCH3 is 1. The maximum Gasteiger partial charge on any atom is 0.168 e. The Balaban J connectivity index is 2.69. The predicted molar refractivity (Wildman–Crippen MR) is 71.8 cm³/mol. The molecule has 0 unspecified atom stereocenters. The first-order valence-electron chi connectivity index (χ1n) is 5.78. The van der Waals surface area contributed by atoms with Crippen LogP contribution >= 0.6 is 15.9 Å². The fraction of sp³-hybridized carbons (Fsp3) is 0.538. The monoisotopic (exact) mass is 316 g/mol. The van der Waals surface area contributed by atoms with E-state index >= 15 is 0 Å². The molecular weight excluding hydrogens is 300 g/mol. The molecule has 0 radical (unpaired) electrons. The molecular formula is C13H17BrO4. The van der Waals surface area contributed by atoms with Crippen LogP contribution in [-0.4, -0.2) is 32.0 Å². The van der Waals surface area contributed by atoms with E-state index in [1.807, 2.05) is 19.9 Å². The van der Waals surface area contributed by atoms with Gasteiger partial charge in [-0.2, -0.15) is 0 Å². The average molecular weight is 317 g/mol. The average Bonchev–Trinajstić information content (AvgIpc) is 2.37. The zero-order chi connectivity index (χ0) is 13.3. The van der Waals surface area contributed by atoms with Crippen LogP contribution in [0.4, 0.5) is 0 Å². The standard InChI is InChI=1S/C13H17BrO4/c1-13(2,7-15)10-11(16-3)8(14)6-9-12(10)18-5-4-17-9/h6,15H,4-5,7H2,1-3H3. The topological polar surface area (TPSA) is 47.9 Å². The van der Waals surface area contributed by atoms with Gasteiger partial charge < -0.3 is 19.3 Å². The van der Waals surface area contributed by atoms with Crippen LogP contribution in [0.25, 0.3) is 0 Å². The number of aliphatic hydroxyl groups is 1. The van der Waals surface area contributed by atoms with Crippen LogP contribution in [0.5, 0.6) is 17.2 Å². The molecule has 5 heteroatoms. The molecule has 1 aliphatic heterocycles. The zero-order valence-electron chi connectivity index (χ0n) is 10.7. The second-order valence-electron chi connectivity index (χ2n) is 4.83. The number of fused-ring (bicyclic) bond motifs is 1. The summed E-state index contributed by atoms with van der Waals surface area (Å²) >= 11 is 3.47. The number of rotatable bonds is 3. The summed E-state index contributed by atoms with van der Waals surface area (Å²) in [6.07, 6.45) is 0. The third-order valence-electron chi connectivity index (χ3n) is 3.02. The Labute approximate surface area is 115 Å². The van der Waals surface area contributed by atoms with Crippen molar-refractivity contribution in [1.82, 2.24) is 0 Å². The van der Waals surface area contributed by atoms with Crippen molar-refractivity contribution in [2.45, 2.75) is 19.3 Å². The summed E-state index contributed by atoms with van der Waals surface area (Å²) in [5.74, 6) is 2.03. The molecule has 0 spiro atoms. The molecule has 1 aromatic carbocycles. The largest absolute Gasteiger partial charge is 0.495 e. The van der Waals surface area contributed by atoms with E-state index in [0.29, 0.717) is 30.5 Å². The minimum absolute atomic E-state index is 0.00435. The number of hydrogen-bond donors (Lipinski definition) is 1. The molecule has 4 nitrogen and oxygen atoms in total. The molecule has 1 aliphatic rings. The lowest BCUT2D eigenvalue weighted by atomic mass is 9.84. The molecule has 0 aliphatic carbocycles. The highest BCUT2D eigenvalue weighted by molar-refractivity contribution is 9.10. The second kappa shape index (κ2) is 4.97. The first-order valence-corrected chi connectivity index (χ1v) is 6.58. The van der Waals surface area contributed by atoms with E-state index in [2.05, 4.69) is 15.9 Å². The second-order valence-corrected chi connectivity index (χ2v) is 5.69. The summed E-state index contributed by atoms with van der Waals surface area (Å²) in [6, 6.07) is 1.84. The van der Waals surface area contributed by atoms with Gasteiger partial charge >= 0.3 is 0 Å². The zero-order valence-corrected chi connectivity index (χ0v) is 12.3. The summed E-state index contributed by atoms with van der Waals surface area (Å²) in [6.45, 7) is 4.91. The normalized spacial score (nSPS) is 14.5. The molecule has 2 rings (SSSR count). The van der Waals surface area contributed by atoms with Crippen molar-refractivity contribution in [2.75, 3.05) is 26.9 Å². The molecule has 0 fully saturated rings. The smallest absolute Gasteiger partial charge is 0.168 e. The third kappa shape index (κ3) is 2.17. The molecule has 18 heavy (non-hydrogen) atoms. The van der Waals surface area contributed by atoms with Gasteiger partial charge in [0.1, 0.15) is 19.0 Å². The first-order chi connectivity index (χ1) is 8.51. The molecule has 1 aromatic rings. The van der Waals surface area contributed by atoms with Gasteiger partial charge in [0.05, 0.1) is 18.2 Å². The summed E-state index contributed by atoms with van der Waals surface area (Å²) in [7, 11) is 1.60. The molecule has 100 valence electrons. The van der Waals surface area contributed by atoms with Gasteiger partial charge in [-0.1, -0.05) is 13.8 Å². The molecule has 0 saturated carbocycles. The minimum atomic E-state index is -0.472. The molecule has 0 aromatic heterocycles. The number of halogens is 1. The lowest BCUT2D eigenvalue weighted by molar-refractivity contribution is 0.159. The molecule has 1 N–H and O–H groups in total. The predicted octanol–water partition coefficient (Wildman–Crippen LogP) is 2.50. The van der Waals surface area contributed by atoms with E-state index in [1.165, 1.54) is 0 Å². The molecule has 0 amide bonds. The molecule has 0 saturated heterocycles. The number of benzene rings is 1. The highest BCUT2D eigenvalue weighted by Gasteiger charge is 2.33. The highest BCUT2D eigenvalue weighted by atomic mass is 79.9. The van der Waals surface area contributed by atoms with E-state index in [-0.39, 0.29) is 6.61 Å². The van der Waals surface area contributed by atoms with Crippen LogP contribution in [0.1, 0.15) is 19.4 Å². The van der Waals surface area contributed by atoms with Crippen molar-refractivity contribution in [3.8, 4) is 17.2 Å². The van der Waals surface area contributed by atoms with E-state index in [0.717, 1.165) is 10.0 Å². The van der Waals surface area contributed by atoms with Crippen LogP contribution < -0.4 is 14.2 Å². The van der Waals surface area contributed by atoms with Crippen LogP contribution in [0.3, 0.4) is 0 Å². The van der Waals surface area contributed by atoms with Gasteiger partial charge in [-0.3, -0.25) is 0 Å². The fourth-order valence-corrected chi connectivity index (χ4v) is 2.60. The van der Waals surface area contributed by atoms with Crippen LogP contribution in [0.15, 0.2) is 10.5 Å². The van der Waals surface area contributed by atoms with Crippen molar-refractivity contribution in [3.05, 3.63) is 16.1 Å². The summed E-state index contributed by atoms with van der Waals surface area (Å²) < 4.78 is 17.5. The molecule has 1 heterocycles. The molecule has 0 bridgehead atoms. The van der Waals surface area contributed by atoms with E-state index in [4.69, 9.17) is 14.2 Å². The molecule has 0 atom stereocenters. The van der Waals surface area contributed by atoms with Crippen molar-refractivity contribution >= 4 is 15.9 Å². The lowest BCUT2D eigenvalue weighted by Gasteiger charge is -2.31. The first kappa shape index (κ1) is 13.5. The Morgan fingerprint density at radius 2 is 2.06 bits per heavy atom. The summed E-state index contributed by atoms with van der Waals surface area (Å²) in [5.41, 5.74) is 0.358. The van der Waals surface area contributed by atoms with Gasteiger partial charge in [0.25, 0.3) is 0 Å². The van der Waals surface area contributed by atoms with Gasteiger partial charge in [-0.05, 0) is 15.9 Å². The van der Waals surface area contributed by atoms with E-state index in [9.17, 15) is 5.11 Å². The third-order valence-corrected chi connectivity index (χ3v) is 3.61. The highest BCUT2D eigenvalue weighted by Crippen LogP contribution is 2.49. The Morgan fingerprint density at radius 1 is 1.39 bits per heavy atom. The Bertz CT molecular complexity index is 457. The van der Waals surface area contributed by atoms with Gasteiger partial charge in [-0.15, -0.1) is 0 Å². The minimum Gasteiger partial charge on any atom is -0.495 e. The van der Waals surface area contributed by atoms with Gasteiger partial charge in [0.15, 0.2) is 11.5 Å². The van der Waals surface area contributed by atoms with E-state index in [1.54, 1.807) is 7.11 Å². The van der Waals surface area contributed by atoms with Crippen molar-refractivity contribution in [2.24, 2.45) is 0 Å². The maximum absolute atomic E-state index is 9.59. The fourth-order valence-electron chi connectivity index (χ4n) is 2.03. The Morgan fingerprint density at radius 3 is 2.67 bits per heavy atom. The summed E-state index contributed by atoms with van der Waals surface area (Å²) in [5, 5.41) is 9.59. The summed E-state index contributed by atoms with van der Waals surface area (Å²) in [4.78, 5) is 0. The number of hydrogen-bond acceptors (Lipinski definition) is 4. The lowest BCUT2D eigenvalue weighted by Crippen LogP contribution is -2.27. The Hall–Kier alpha value is -0.940. The maximum atomic E-state index is 9.59. The van der Waals surface area contributed by atoms with Crippen LogP contribution in [0, 0.1) is 0 Å². The number of ether oxygens (including phenoxy) is 3. The van der Waals surface area contributed by atoms with E-state index < -0.39 is 5.41 Å². The van der Waals surface area contributed by atoms with Crippen molar-refractivity contribution in [3.63, 3.8) is 0 Å². The SMILES string of the molecule is COc1c(Br)cc2c(c1C(C)(C)CO)OCCO2. The quantitative estimate of drug-likeness (QED) is 0.930. The Kier molecular flexibility index (Phi) is 3.73. The van der Waals surface area contributed by atoms with Crippen LogP contribution in [0.2, 0.25) is 0 Å². The van der Waals surface area contributed by atoms with Gasteiger partial charge in [0, 0.05) is 17.0 Å². The van der Waals surface area contributed by atoms with Crippen molar-refractivity contribution in [1.29, 1.82) is 0 Å². The van der Waals surface area contributed by atoms with Crippen LogP contribution in [-0.2, 0) is 5.41 Å².